The van der Waals surface area contributed by atoms with Crippen LogP contribution in [0.2, 0.25) is 0 Å². The molecule has 0 saturated carbocycles. The SMILES string of the molecule is CC(C)(O)c1ccc(S(N)(=O)=O)nc1.[K]. The Morgan fingerprint density at radius 2 is 1.93 bits per heavy atom. The molecule has 0 bridgehead atoms. The summed E-state index contributed by atoms with van der Waals surface area (Å²) in [6, 6.07) is 2.75. The summed E-state index contributed by atoms with van der Waals surface area (Å²) >= 11 is 0. The van der Waals surface area contributed by atoms with Crippen LogP contribution in [0.5, 0.6) is 0 Å². The number of nitrogens with two attached hydrogens (primary N) is 1. The van der Waals surface area contributed by atoms with Gasteiger partial charge in [-0.25, -0.2) is 18.5 Å². The summed E-state index contributed by atoms with van der Waals surface area (Å²) in [7, 11) is -3.76. The van der Waals surface area contributed by atoms with Gasteiger partial charge in [-0.1, -0.05) is 6.07 Å². The fourth-order valence-electron chi connectivity index (χ4n) is 0.910. The second-order valence-electron chi connectivity index (χ2n) is 3.49. The van der Waals surface area contributed by atoms with Crippen molar-refractivity contribution in [3.05, 3.63) is 23.9 Å². The van der Waals surface area contributed by atoms with Gasteiger partial charge in [-0.15, -0.1) is 0 Å². The van der Waals surface area contributed by atoms with Gasteiger partial charge < -0.3 is 5.11 Å². The summed E-state index contributed by atoms with van der Waals surface area (Å²) < 4.78 is 21.7. The van der Waals surface area contributed by atoms with Crippen LogP contribution < -0.4 is 5.14 Å². The van der Waals surface area contributed by atoms with Gasteiger partial charge in [-0.05, 0) is 19.9 Å². The maximum atomic E-state index is 10.8. The van der Waals surface area contributed by atoms with Crippen LogP contribution in [0.25, 0.3) is 0 Å². The summed E-state index contributed by atoms with van der Waals surface area (Å²) in [5.41, 5.74) is -0.505. The molecule has 3 N–H and O–H groups in total. The number of primary sulfonamides is 1. The predicted octanol–water partition coefficient (Wildman–Crippen LogP) is -0.424. The van der Waals surface area contributed by atoms with Crippen molar-refractivity contribution in [3.63, 3.8) is 0 Å². The van der Waals surface area contributed by atoms with Gasteiger partial charge in [-0.2, -0.15) is 0 Å². The molecule has 1 aromatic rings. The summed E-state index contributed by atoms with van der Waals surface area (Å²) in [6.45, 7) is 3.17. The molecule has 0 fully saturated rings. The standard InChI is InChI=1S/C8H12N2O3S.K/c1-8(2,11)6-3-4-7(10-5-6)14(9,12)13;/h3-5,11H,1-2H3,(H2,9,12,13);. The van der Waals surface area contributed by atoms with Gasteiger partial charge in [0.05, 0.1) is 5.60 Å². The first-order chi connectivity index (χ1) is 6.21. The minimum Gasteiger partial charge on any atom is -0.386 e. The Morgan fingerprint density at radius 3 is 2.20 bits per heavy atom. The molecule has 1 radical (unpaired) electrons. The fourth-order valence-corrected chi connectivity index (χ4v) is 1.37. The molecule has 1 heterocycles. The van der Waals surface area contributed by atoms with E-state index in [1.165, 1.54) is 18.3 Å². The van der Waals surface area contributed by atoms with E-state index in [1.54, 1.807) is 13.8 Å². The van der Waals surface area contributed by atoms with E-state index >= 15 is 0 Å². The topological polar surface area (TPSA) is 93.3 Å². The molecule has 1 aromatic heterocycles. The number of sulfonamides is 1. The van der Waals surface area contributed by atoms with Crippen molar-refractivity contribution < 1.29 is 13.5 Å². The molecule has 0 atom stereocenters. The maximum Gasteiger partial charge on any atom is 0.255 e. The van der Waals surface area contributed by atoms with E-state index in [4.69, 9.17) is 5.14 Å². The van der Waals surface area contributed by atoms with Crippen LogP contribution >= 0.6 is 0 Å². The van der Waals surface area contributed by atoms with Crippen molar-refractivity contribution in [1.82, 2.24) is 4.98 Å². The first-order valence-electron chi connectivity index (χ1n) is 3.93. The summed E-state index contributed by atoms with van der Waals surface area (Å²) in [5.74, 6) is 0. The zero-order chi connectivity index (χ0) is 11.0. The van der Waals surface area contributed by atoms with Crippen LogP contribution in [0.1, 0.15) is 19.4 Å². The van der Waals surface area contributed by atoms with E-state index in [0.29, 0.717) is 5.56 Å². The Labute approximate surface area is 132 Å². The minimum atomic E-state index is -3.76. The molecule has 0 aliphatic heterocycles. The fraction of sp³-hybridized carbons (Fsp3) is 0.375. The largest absolute Gasteiger partial charge is 0.386 e. The molecule has 0 spiro atoms. The Balaban J connectivity index is 0.00000196. The molecule has 79 valence electrons. The molecule has 0 aromatic carbocycles. The molecule has 1 rings (SSSR count). The third kappa shape index (κ3) is 4.57. The summed E-state index contributed by atoms with van der Waals surface area (Å²) in [6.07, 6.45) is 1.29. The molecule has 0 unspecified atom stereocenters. The molecule has 0 aliphatic rings. The predicted molar refractivity (Wildman–Crippen MR) is 56.6 cm³/mol. The van der Waals surface area contributed by atoms with Gasteiger partial charge in [0.1, 0.15) is 0 Å². The monoisotopic (exact) mass is 255 g/mol. The zero-order valence-corrected chi connectivity index (χ0v) is 12.9. The number of pyridine rings is 1. The summed E-state index contributed by atoms with van der Waals surface area (Å²) in [5, 5.41) is 14.2. The zero-order valence-electron chi connectivity index (χ0n) is 8.93. The van der Waals surface area contributed by atoms with Crippen molar-refractivity contribution >= 4 is 61.4 Å². The third-order valence-corrected chi connectivity index (χ3v) is 2.56. The van der Waals surface area contributed by atoms with Crippen LogP contribution in [0.15, 0.2) is 23.4 Å². The molecule has 0 saturated heterocycles. The molecule has 15 heavy (non-hydrogen) atoms. The average molecular weight is 255 g/mol. The Hall–Kier alpha value is 0.656. The number of nitrogens with zero attached hydrogens (tertiary/aromatic N) is 1. The van der Waals surface area contributed by atoms with E-state index in [1.807, 2.05) is 0 Å². The van der Waals surface area contributed by atoms with Crippen LogP contribution in [0, 0.1) is 0 Å². The number of hydrogen-bond acceptors (Lipinski definition) is 4. The van der Waals surface area contributed by atoms with Crippen molar-refractivity contribution in [2.75, 3.05) is 0 Å². The molecular formula is C8H12KN2O3S. The second kappa shape index (κ2) is 5.32. The first kappa shape index (κ1) is 15.7. The Morgan fingerprint density at radius 1 is 1.40 bits per heavy atom. The van der Waals surface area contributed by atoms with Gasteiger partial charge >= 0.3 is 0 Å². The molecule has 7 heteroatoms. The van der Waals surface area contributed by atoms with Crippen LogP contribution in [-0.4, -0.2) is 69.9 Å². The van der Waals surface area contributed by atoms with Crippen LogP contribution in [0.3, 0.4) is 0 Å². The normalized spacial score (nSPS) is 12.0. The van der Waals surface area contributed by atoms with E-state index in [-0.39, 0.29) is 56.4 Å². The number of aromatic nitrogens is 1. The Bertz CT molecular complexity index is 422. The quantitative estimate of drug-likeness (QED) is 0.702. The van der Waals surface area contributed by atoms with Crippen molar-refractivity contribution in [3.8, 4) is 0 Å². The Kier molecular flexibility index (Phi) is 5.56. The molecule has 0 amide bonds. The van der Waals surface area contributed by atoms with Gasteiger partial charge in [-0.3, -0.25) is 0 Å². The van der Waals surface area contributed by atoms with Gasteiger partial charge in [0.2, 0.25) is 0 Å². The van der Waals surface area contributed by atoms with E-state index in [9.17, 15) is 13.5 Å². The van der Waals surface area contributed by atoms with Gasteiger partial charge in [0.25, 0.3) is 10.0 Å². The van der Waals surface area contributed by atoms with Crippen LogP contribution in [0.4, 0.5) is 0 Å². The average Bonchev–Trinajstić information content (AvgIpc) is 2.01. The van der Waals surface area contributed by atoms with E-state index < -0.39 is 15.6 Å². The smallest absolute Gasteiger partial charge is 0.255 e. The van der Waals surface area contributed by atoms with Crippen molar-refractivity contribution in [2.24, 2.45) is 5.14 Å². The molecule has 5 nitrogen and oxygen atoms in total. The molecule has 0 aliphatic carbocycles. The third-order valence-electron chi connectivity index (χ3n) is 1.73. The van der Waals surface area contributed by atoms with Crippen molar-refractivity contribution in [1.29, 1.82) is 0 Å². The van der Waals surface area contributed by atoms with Crippen molar-refractivity contribution in [2.45, 2.75) is 24.5 Å². The number of aliphatic hydroxyl groups is 1. The van der Waals surface area contributed by atoms with E-state index in [2.05, 4.69) is 4.98 Å². The minimum absolute atomic E-state index is 0. The summed E-state index contributed by atoms with van der Waals surface area (Å²) in [4.78, 5) is 3.64. The van der Waals surface area contributed by atoms with Gasteiger partial charge in [0, 0.05) is 63.1 Å². The van der Waals surface area contributed by atoms with E-state index in [0.717, 1.165) is 0 Å². The van der Waals surface area contributed by atoms with Crippen LogP contribution in [-0.2, 0) is 15.6 Å². The second-order valence-corrected chi connectivity index (χ2v) is 5.00. The first-order valence-corrected chi connectivity index (χ1v) is 5.47. The number of hydrogen-bond donors (Lipinski definition) is 2. The number of rotatable bonds is 2. The van der Waals surface area contributed by atoms with Gasteiger partial charge in [0.15, 0.2) is 5.03 Å². The maximum absolute atomic E-state index is 10.8. The molecular weight excluding hydrogens is 243 g/mol.